The molecule has 0 saturated carbocycles. The van der Waals surface area contributed by atoms with Gasteiger partial charge >= 0.3 is 30.2 Å². The fourth-order valence-corrected chi connectivity index (χ4v) is 1.87. The Kier molecular flexibility index (Phi) is 6.42. The molecule has 0 aromatic heterocycles. The van der Waals surface area contributed by atoms with Gasteiger partial charge in [-0.1, -0.05) is 0 Å². The van der Waals surface area contributed by atoms with Crippen molar-refractivity contribution < 1.29 is 49.4 Å². The van der Waals surface area contributed by atoms with Crippen LogP contribution in [-0.2, 0) is 14.3 Å². The van der Waals surface area contributed by atoms with E-state index in [1.807, 2.05) is 0 Å². The minimum absolute atomic E-state index is 0.242. The molecule has 0 amide bonds. The van der Waals surface area contributed by atoms with Crippen molar-refractivity contribution in [2.24, 2.45) is 0 Å². The Hall–Kier alpha value is -1.17. The van der Waals surface area contributed by atoms with Crippen molar-refractivity contribution in [2.75, 3.05) is 32.9 Å². The quantitative estimate of drug-likeness (QED) is 0.508. The van der Waals surface area contributed by atoms with Gasteiger partial charge in [-0.3, -0.25) is 9.69 Å². The van der Waals surface area contributed by atoms with Crippen molar-refractivity contribution >= 4 is 5.97 Å². The molecule has 1 fully saturated rings. The fraction of sp³-hybridized carbons (Fsp3) is 0.917. The second-order valence-corrected chi connectivity index (χ2v) is 5.13. The second kappa shape index (κ2) is 7.38. The summed E-state index contributed by atoms with van der Waals surface area (Å²) in [6.45, 7) is -0.245. The lowest BCUT2D eigenvalue weighted by Crippen LogP contribution is -2.59. The molecule has 1 rings (SSSR count). The molecule has 0 spiro atoms. The molecule has 1 atom stereocenters. The third-order valence-corrected chi connectivity index (χ3v) is 3.48. The topological polar surface area (TPSA) is 38.8 Å². The Morgan fingerprint density at radius 3 is 2.08 bits per heavy atom. The summed E-state index contributed by atoms with van der Waals surface area (Å²) in [5, 5.41) is 0. The van der Waals surface area contributed by atoms with Crippen LogP contribution in [0.3, 0.4) is 0 Å². The highest BCUT2D eigenvalue weighted by Gasteiger charge is 2.75. The molecule has 0 aromatic carbocycles. The molecule has 1 saturated heterocycles. The molecule has 0 bridgehead atoms. The van der Waals surface area contributed by atoms with Crippen molar-refractivity contribution in [1.29, 1.82) is 0 Å². The summed E-state index contributed by atoms with van der Waals surface area (Å²) in [7, 11) is 0. The number of carbonyl (C=O) groups excluding carboxylic acids is 1. The maximum Gasteiger partial charge on any atom is 0.381 e. The Balaban J connectivity index is 2.71. The first kappa shape index (κ1) is 20.9. The summed E-state index contributed by atoms with van der Waals surface area (Å²) in [6.07, 6.45) is -5.01. The monoisotopic (exact) mass is 373 g/mol. The van der Waals surface area contributed by atoms with Crippen LogP contribution in [0.25, 0.3) is 0 Å². The summed E-state index contributed by atoms with van der Waals surface area (Å²) in [6, 6.07) is -1.12. The van der Waals surface area contributed by atoms with Gasteiger partial charge in [0.15, 0.2) is 6.61 Å². The van der Waals surface area contributed by atoms with Gasteiger partial charge in [0.1, 0.15) is 6.04 Å². The average Bonchev–Trinajstić information content (AvgIpc) is 2.52. The molecule has 12 heteroatoms. The summed E-state index contributed by atoms with van der Waals surface area (Å²) in [5.74, 6) is -19.7. The number of alkyl halides is 8. The number of morpholine rings is 1. The van der Waals surface area contributed by atoms with Gasteiger partial charge in [0.2, 0.25) is 0 Å². The van der Waals surface area contributed by atoms with E-state index in [2.05, 4.69) is 4.74 Å². The van der Waals surface area contributed by atoms with Crippen LogP contribution >= 0.6 is 0 Å². The van der Waals surface area contributed by atoms with Crippen LogP contribution < -0.4 is 0 Å². The molecule has 142 valence electrons. The molecule has 1 aliphatic heterocycles. The fourth-order valence-electron chi connectivity index (χ4n) is 1.87. The van der Waals surface area contributed by atoms with E-state index in [4.69, 9.17) is 4.74 Å². The van der Waals surface area contributed by atoms with E-state index in [9.17, 15) is 39.9 Å². The molecular weight excluding hydrogens is 358 g/mol. The van der Waals surface area contributed by atoms with Crippen LogP contribution in [0.1, 0.15) is 6.92 Å². The molecule has 0 N–H and O–H groups in total. The normalized spacial score (nSPS) is 19.4. The molecular formula is C12H15F8NO3. The molecule has 4 nitrogen and oxygen atoms in total. The number of hydrogen-bond acceptors (Lipinski definition) is 4. The van der Waals surface area contributed by atoms with E-state index in [1.54, 1.807) is 0 Å². The Morgan fingerprint density at radius 2 is 1.62 bits per heavy atom. The first-order chi connectivity index (χ1) is 10.8. The van der Waals surface area contributed by atoms with Gasteiger partial charge in [0.05, 0.1) is 13.2 Å². The number of carbonyl (C=O) groups is 1. The van der Waals surface area contributed by atoms with E-state index in [0.29, 0.717) is 0 Å². The minimum atomic E-state index is -6.39. The van der Waals surface area contributed by atoms with Gasteiger partial charge in [0.25, 0.3) is 0 Å². The van der Waals surface area contributed by atoms with Gasteiger partial charge in [-0.05, 0) is 6.92 Å². The number of rotatable bonds is 7. The van der Waals surface area contributed by atoms with Crippen LogP contribution in [0, 0.1) is 0 Å². The maximum atomic E-state index is 13.2. The van der Waals surface area contributed by atoms with Gasteiger partial charge in [-0.2, -0.15) is 26.3 Å². The zero-order valence-electron chi connectivity index (χ0n) is 12.4. The largest absolute Gasteiger partial charge is 0.458 e. The zero-order chi connectivity index (χ0) is 18.8. The zero-order valence-corrected chi connectivity index (χ0v) is 12.4. The molecule has 1 aliphatic rings. The van der Waals surface area contributed by atoms with Crippen molar-refractivity contribution in [1.82, 2.24) is 4.90 Å². The van der Waals surface area contributed by atoms with Crippen LogP contribution in [0.5, 0.6) is 0 Å². The lowest BCUT2D eigenvalue weighted by atomic mass is 10.1. The molecule has 1 heterocycles. The summed E-state index contributed by atoms with van der Waals surface area (Å²) in [5.41, 5.74) is 0. The lowest BCUT2D eigenvalue weighted by molar-refractivity contribution is -0.344. The highest BCUT2D eigenvalue weighted by molar-refractivity contribution is 5.75. The number of ether oxygens (including phenoxy) is 2. The predicted molar refractivity (Wildman–Crippen MR) is 63.7 cm³/mol. The summed E-state index contributed by atoms with van der Waals surface area (Å²) >= 11 is 0. The third-order valence-electron chi connectivity index (χ3n) is 3.48. The van der Waals surface area contributed by atoms with Crippen LogP contribution in [0.2, 0.25) is 0 Å². The molecule has 0 aliphatic carbocycles. The van der Waals surface area contributed by atoms with Gasteiger partial charge in [-0.15, -0.1) is 0 Å². The number of nitrogens with zero attached hydrogens (tertiary/aromatic N) is 1. The smallest absolute Gasteiger partial charge is 0.381 e. The Morgan fingerprint density at radius 1 is 1.12 bits per heavy atom. The van der Waals surface area contributed by atoms with E-state index < -0.39 is 42.8 Å². The van der Waals surface area contributed by atoms with Crippen molar-refractivity contribution in [3.8, 4) is 0 Å². The standard InChI is InChI=1S/C12H15F8NO3/c1-7(21-2-4-23-5-3-21)8(22)24-6-10(15,16)12(19,20)11(17,18)9(13)14/h7,9H,2-6H2,1H3. The van der Waals surface area contributed by atoms with Crippen LogP contribution in [0.15, 0.2) is 0 Å². The van der Waals surface area contributed by atoms with E-state index >= 15 is 0 Å². The summed E-state index contributed by atoms with van der Waals surface area (Å²) < 4.78 is 111. The van der Waals surface area contributed by atoms with Gasteiger partial charge < -0.3 is 9.47 Å². The highest BCUT2D eigenvalue weighted by atomic mass is 19.4. The first-order valence-electron chi connectivity index (χ1n) is 6.74. The first-order valence-corrected chi connectivity index (χ1v) is 6.74. The maximum absolute atomic E-state index is 13.2. The average molecular weight is 373 g/mol. The van der Waals surface area contributed by atoms with Crippen LogP contribution in [-0.4, -0.2) is 74.0 Å². The third kappa shape index (κ3) is 4.08. The molecule has 24 heavy (non-hydrogen) atoms. The van der Waals surface area contributed by atoms with Crippen molar-refractivity contribution in [2.45, 2.75) is 37.2 Å². The summed E-state index contributed by atoms with van der Waals surface area (Å²) in [4.78, 5) is 13.0. The lowest BCUT2D eigenvalue weighted by Gasteiger charge is -2.33. The van der Waals surface area contributed by atoms with Crippen LogP contribution in [0.4, 0.5) is 35.1 Å². The number of hydrogen-bond donors (Lipinski definition) is 0. The van der Waals surface area contributed by atoms with Crippen molar-refractivity contribution in [3.05, 3.63) is 0 Å². The molecule has 1 unspecified atom stereocenters. The minimum Gasteiger partial charge on any atom is -0.458 e. The molecule has 0 radical (unpaired) electrons. The van der Waals surface area contributed by atoms with Crippen molar-refractivity contribution in [3.63, 3.8) is 0 Å². The molecule has 0 aromatic rings. The number of halogens is 8. The SMILES string of the molecule is CC(C(=O)OCC(F)(F)C(F)(F)C(F)(F)C(F)F)N1CCOCC1. The number of esters is 1. The van der Waals surface area contributed by atoms with Gasteiger partial charge in [0, 0.05) is 13.1 Å². The highest BCUT2D eigenvalue weighted by Crippen LogP contribution is 2.48. The predicted octanol–water partition coefficient (Wildman–Crippen LogP) is 2.42. The van der Waals surface area contributed by atoms with E-state index in [-0.39, 0.29) is 26.3 Å². The second-order valence-electron chi connectivity index (χ2n) is 5.13. The Labute approximate surface area is 131 Å². The van der Waals surface area contributed by atoms with E-state index in [1.165, 1.54) is 11.8 Å². The van der Waals surface area contributed by atoms with E-state index in [0.717, 1.165) is 0 Å². The Bertz CT molecular complexity index is 440. The van der Waals surface area contributed by atoms with Gasteiger partial charge in [-0.25, -0.2) is 8.78 Å².